The van der Waals surface area contributed by atoms with Crippen LogP contribution in [0.25, 0.3) is 0 Å². The number of hydrogen-bond donors (Lipinski definition) is 8. The molecule has 0 saturated carbocycles. The average molecular weight is 2400 g/mol. The second kappa shape index (κ2) is 74.0. The summed E-state index contributed by atoms with van der Waals surface area (Å²) in [6.07, 6.45) is 0. The van der Waals surface area contributed by atoms with Gasteiger partial charge in [0.05, 0.1) is 9.60 Å². The lowest BCUT2D eigenvalue weighted by atomic mass is 9.80. The van der Waals surface area contributed by atoms with Gasteiger partial charge in [0.25, 0.3) is 0 Å². The van der Waals surface area contributed by atoms with Crippen LogP contribution in [0.15, 0.2) is 176 Å². The van der Waals surface area contributed by atoms with E-state index in [1.54, 1.807) is 74.5 Å². The van der Waals surface area contributed by atoms with Crippen molar-refractivity contribution in [2.45, 2.75) is 419 Å². The Morgan fingerprint density at radius 3 is 0.657 bits per heavy atom. The van der Waals surface area contributed by atoms with Crippen molar-refractivity contribution in [1.29, 1.82) is 0 Å². The smallest absolute Gasteiger partial charge is 0.508 e. The Morgan fingerprint density at radius 2 is 0.421 bits per heavy atom. The van der Waals surface area contributed by atoms with Crippen molar-refractivity contribution in [3.63, 3.8) is 0 Å². The Hall–Kier alpha value is -1.07. The Balaban J connectivity index is -0.000000194. The predicted molar refractivity (Wildman–Crippen MR) is 653 cm³/mol. The van der Waals surface area contributed by atoms with Crippen LogP contribution in [0.1, 0.15) is 485 Å². The van der Waals surface area contributed by atoms with Crippen LogP contribution in [0.4, 0.5) is 0 Å². The molecule has 0 aliphatic heterocycles. The normalized spacial score (nSPS) is 19.2. The van der Waals surface area contributed by atoms with Crippen molar-refractivity contribution in [3.05, 3.63) is 237 Å². The Labute approximate surface area is 1030 Å². The number of aromatic hydroxyl groups is 8. The van der Waals surface area contributed by atoms with Crippen molar-refractivity contribution in [3.8, 4) is 46.0 Å². The number of rotatable bonds is 0. The molecule has 0 aliphatic carbocycles. The number of phenolic OH excluding ortho intramolecular Hbond substituents is 8. The second-order valence-corrected chi connectivity index (χ2v) is 64.9. The van der Waals surface area contributed by atoms with E-state index < -0.39 is 297 Å². The maximum atomic E-state index is 10.3. The first kappa shape index (κ1) is 74.8. The fourth-order valence-corrected chi connectivity index (χ4v) is 8.44. The maximum absolute atomic E-state index is 10.3. The van der Waals surface area contributed by atoms with Crippen LogP contribution >= 0.6 is 167 Å². The van der Waals surface area contributed by atoms with E-state index in [0.717, 1.165) is 76.8 Å². The molecule has 0 fully saturated rings. The molecule has 8 N–H and O–H groups in total. The van der Waals surface area contributed by atoms with Gasteiger partial charge in [0.15, 0.2) is 0 Å². The zero-order valence-electron chi connectivity index (χ0n) is 142. The van der Waals surface area contributed by atoms with Gasteiger partial charge in [-0.05, 0) is 270 Å². The van der Waals surface area contributed by atoms with E-state index in [1.807, 2.05) is 84.0 Å². The molecule has 0 aliphatic rings. The molecule has 808 valence electrons. The van der Waals surface area contributed by atoms with Gasteiger partial charge >= 0.3 is 45.5 Å². The lowest BCUT2D eigenvalue weighted by molar-refractivity contribution is 0.444. The monoisotopic (exact) mass is 2390 g/mol. The van der Waals surface area contributed by atoms with Crippen LogP contribution in [0.5, 0.6) is 46.0 Å². The number of phenols is 8. The number of para-hydroxylation sites is 2. The summed E-state index contributed by atoms with van der Waals surface area (Å²) in [4.78, 5) is -8.61. The molecule has 8 rings (SSSR count). The summed E-state index contributed by atoms with van der Waals surface area (Å²) in [6.45, 7) is -5.99. The van der Waals surface area contributed by atoms with Gasteiger partial charge in [-0.2, -0.15) is 0 Å². The molecule has 140 heavy (non-hydrogen) atoms. The van der Waals surface area contributed by atoms with Crippen molar-refractivity contribution >= 4 is 213 Å². The largest absolute Gasteiger partial charge is 0.643 e. The first-order valence-corrected chi connectivity index (χ1v) is 62.1. The van der Waals surface area contributed by atoms with Gasteiger partial charge in [0.2, 0.25) is 0 Å². The second-order valence-electron chi connectivity index (χ2n) is 36.2. The van der Waals surface area contributed by atoms with Gasteiger partial charge in [0, 0.05) is 93.5 Å². The summed E-state index contributed by atoms with van der Waals surface area (Å²) in [7, 11) is 59.3. The van der Waals surface area contributed by atoms with Gasteiger partial charge in [-0.1, -0.05) is 367 Å². The molecule has 0 amide bonds. The van der Waals surface area contributed by atoms with Gasteiger partial charge in [-0.25, -0.2) is 121 Å². The molecule has 0 heterocycles. The van der Waals surface area contributed by atoms with Gasteiger partial charge < -0.3 is 40.9 Å². The highest BCUT2D eigenvalue weighted by Gasteiger charge is 2.27. The number of alkyl halides is 4. The van der Waals surface area contributed by atoms with Crippen molar-refractivity contribution in [2.24, 2.45) is 0 Å². The van der Waals surface area contributed by atoms with Crippen LogP contribution in [0, 0.1) is 0 Å². The van der Waals surface area contributed by atoms with E-state index in [1.165, 1.54) is 71.4 Å². The maximum Gasteiger partial charge on any atom is 0.643 e. The number of halogens is 16. The van der Waals surface area contributed by atoms with E-state index in [4.69, 9.17) is 261 Å². The Kier molecular flexibility index (Phi) is 39.6. The van der Waals surface area contributed by atoms with Crippen molar-refractivity contribution < 1.29 is 124 Å². The number of hydrogen-bond acceptors (Lipinski definition) is 8. The molecule has 0 unspecified atom stereocenters. The van der Waals surface area contributed by atoms with E-state index >= 15 is 0 Å². The lowest BCUT2D eigenvalue weighted by Crippen LogP contribution is -2.16. The van der Waals surface area contributed by atoms with Crippen LogP contribution < -0.4 is 0 Å². The molecule has 28 heteroatoms. The molecule has 0 bridgehead atoms. The highest BCUT2D eigenvalue weighted by atomic mass is 35.8. The van der Waals surface area contributed by atoms with Gasteiger partial charge in [-0.15, -0.1) is 46.4 Å². The fourth-order valence-electron chi connectivity index (χ4n) is 8.44. The molecule has 8 aromatic carbocycles. The summed E-state index contributed by atoms with van der Waals surface area (Å²) in [5.41, 5.74) is -10.4. The lowest BCUT2D eigenvalue weighted by Gasteiger charge is -2.25. The minimum Gasteiger partial charge on any atom is -0.508 e. The quantitative estimate of drug-likeness (QED) is 0.0550. The summed E-state index contributed by atoms with van der Waals surface area (Å²) in [6, 6.07) is 32.0. The Bertz CT molecular complexity index is 6770. The third-order valence-corrected chi connectivity index (χ3v) is 14.5. The summed E-state index contributed by atoms with van der Waals surface area (Å²) in [5.74, 6) is -1.43. The summed E-state index contributed by atoms with van der Waals surface area (Å²) < 4.78 is 448. The van der Waals surface area contributed by atoms with Gasteiger partial charge in [0.1, 0.15) is 46.0 Å². The minimum atomic E-state index is -3.22. The predicted octanol–water partition coefficient (Wildman–Crippen LogP) is 42.8. The molecule has 0 saturated heterocycles. The Morgan fingerprint density at radius 1 is 0.200 bits per heavy atom. The molecule has 0 atom stereocenters. The number of benzene rings is 8. The third-order valence-electron chi connectivity index (χ3n) is 14.5. The molecule has 0 aromatic heterocycles. The van der Waals surface area contributed by atoms with Crippen molar-refractivity contribution in [1.82, 2.24) is 0 Å². The molecular weight excluding hydrogens is 2150 g/mol. The van der Waals surface area contributed by atoms with Crippen molar-refractivity contribution in [2.75, 3.05) is 0 Å². The SMILES string of the molecule is C.C.C.C.CC(C)(C)c1ccc(O)cc1.CC(C)(C)c1ccccc1O.Oc1ccccc1.[2H]C([2H])([2H])C(C)(C)c1ccc(O)c(C(C)(C([2H])([2H])[2H])C([2H])([2H])[2H])c1.[2H]C([2H])([2H])C(C)(C)c1ccc(O)c(C(C)(C)C)c1.[2H]C([2H])([2H])C(C)(Cl)C([2H])([2H])[2H].[2H]C([2H])([2H])C(C)(Cl)C([2H])([2H])[2H].[2H]C([2H])([2H])C(C)(Cl)C([2H])([2H])[2H].[2H]C([2H])([2H])C(C)(Cl)C([2H])([2H])[2H].[2H]C([2H])([2H])C(C)(c1cc(C(C)(C)C)ccc1O)C([2H])([2H])[2H].[2H]c1c([2H])c(C(C)(C)C([2H])([2H])[2H])c([2H])c(C(C)(C([2H])([2H])[2H])C([2H])([2H])[2H])c1O.[2H]c1c([2H])c(C(C)(C)C([2H])([2H])[2H])c([2H])c([2H])c1O.[Cl][Al]([Cl])[Cl].[Cl][Al]([Cl])[Cl].[Cl][Al]([Cl])[Cl].[Cl][Al]([Cl])[Cl]. The van der Waals surface area contributed by atoms with E-state index in [9.17, 15) is 30.6 Å². The van der Waals surface area contributed by atoms with Crippen LogP contribution in [-0.2, 0) is 59.6 Å². The third kappa shape index (κ3) is 104. The van der Waals surface area contributed by atoms with Crippen LogP contribution in [-0.4, -0.2) is 106 Å². The van der Waals surface area contributed by atoms with E-state index in [0.29, 0.717) is 17.2 Å². The zero-order chi connectivity index (χ0) is 161. The van der Waals surface area contributed by atoms with Crippen LogP contribution in [0.3, 0.4) is 0 Å². The molecule has 8 aromatic rings. The van der Waals surface area contributed by atoms with E-state index in [2.05, 4.69) is 41.5 Å². The first-order valence-electron chi connectivity index (χ1n) is 70.2. The average Bonchev–Trinajstić information content (AvgIpc) is 0.702. The summed E-state index contributed by atoms with van der Waals surface area (Å²) in [5, 5.41) is 76.9. The van der Waals surface area contributed by atoms with E-state index in [-0.39, 0.29) is 85.1 Å². The standard InChI is InChI=1S/4C14H22O.3C10H14O.C6H6O.4C4H9Cl.4CH4.4Al.12ClH/c4*1-13(2,3)10-7-8-12(15)11(9-10)14(4,5)6;2*1-10(2,3)8-4-6-9(11)7-5-8;1-10(2,3)8-6-4-5-7-9(8)11;7-6-4-2-1-3-5-6;4*1-4(2,3)5;;;;;;;;;;;;;;;;;;;;/h4*7-9,15H,1-6H3;3*4-7,11H,1-3H3;1-5,7H;4*1-3H3;4*1H4;;;;;12*1H/q;;;;;;;;;;;;;;;;4*+3;;;;;;;;;;;;/p-12/i1D3,4D3,5D3,7D,8D,9D;1D3,4D3,5D3;4D3,5D3;1D3;1D3,4D,5D,6D,7D;;;;4*1D3,2D3;;;;;;;;;;;;;;;;;;;;. The first-order chi connectivity index (χ1) is 85.3. The highest BCUT2D eigenvalue weighted by Crippen LogP contribution is 2.40. The molecule has 0 radical (unpaired) electrons. The minimum absolute atomic E-state index is 0. The molecule has 8 nitrogen and oxygen atoms in total. The zero-order valence-corrected chi connectivity index (χ0v) is 97.8. The fraction of sp³-hybridized carbons (Fsp3) is 0.571. The van der Waals surface area contributed by atoms with Crippen LogP contribution in [0.2, 0.25) is 0 Å². The molecule has 0 spiro atoms. The highest BCUT2D eigenvalue weighted by molar-refractivity contribution is 7.55. The van der Waals surface area contributed by atoms with Gasteiger partial charge in [-0.3, -0.25) is 0 Å². The topological polar surface area (TPSA) is 162 Å². The molecular formula is C112H188Al4Cl16O8. The summed E-state index contributed by atoms with van der Waals surface area (Å²) >= 11 is 14.6.